The van der Waals surface area contributed by atoms with Crippen molar-refractivity contribution in [3.63, 3.8) is 0 Å². The second-order valence-electron chi connectivity index (χ2n) is 10.8. The van der Waals surface area contributed by atoms with Gasteiger partial charge in [0.2, 0.25) is 16.8 Å². The minimum absolute atomic E-state index is 0.141. The number of rotatable bonds is 10. The summed E-state index contributed by atoms with van der Waals surface area (Å²) in [4.78, 5) is 14.9. The molecule has 2 aromatic carbocycles. The average Bonchev–Trinajstić information content (AvgIpc) is 3.50. The molecular weight excluding hydrogens is 508 g/mol. The molecule has 1 N–H and O–H groups in total. The SMILES string of the molecule is CCCN(CCN1CC(c2ccc3c(c2)OCO3)C(C(=O)O)C1c1ccc(OC)cc1)S(=O)(=O)C(C)(C)C. The van der Waals surface area contributed by atoms with E-state index < -0.39 is 32.7 Å². The molecule has 2 aromatic rings. The lowest BCUT2D eigenvalue weighted by atomic mass is 9.82. The fourth-order valence-corrected chi connectivity index (χ4v) is 6.89. The van der Waals surface area contributed by atoms with E-state index in [1.165, 1.54) is 0 Å². The summed E-state index contributed by atoms with van der Waals surface area (Å²) >= 11 is 0. The summed E-state index contributed by atoms with van der Waals surface area (Å²) in [6.07, 6.45) is 0.689. The maximum Gasteiger partial charge on any atom is 0.309 e. The predicted molar refractivity (Wildman–Crippen MR) is 144 cm³/mol. The average molecular weight is 547 g/mol. The third-order valence-corrected chi connectivity index (χ3v) is 9.98. The molecule has 2 heterocycles. The topological polar surface area (TPSA) is 106 Å². The molecule has 1 saturated heterocycles. The summed E-state index contributed by atoms with van der Waals surface area (Å²) < 4.78 is 43.6. The number of hydrogen-bond acceptors (Lipinski definition) is 7. The molecule has 0 aromatic heterocycles. The molecule has 208 valence electrons. The summed E-state index contributed by atoms with van der Waals surface area (Å²) in [6.45, 7) is 8.76. The molecule has 4 rings (SSSR count). The molecule has 2 aliphatic heterocycles. The number of carbonyl (C=O) groups is 1. The van der Waals surface area contributed by atoms with Crippen LogP contribution in [0.15, 0.2) is 42.5 Å². The van der Waals surface area contributed by atoms with Gasteiger partial charge in [-0.3, -0.25) is 9.69 Å². The number of aliphatic carboxylic acids is 1. The predicted octanol–water partition coefficient (Wildman–Crippen LogP) is 4.11. The summed E-state index contributed by atoms with van der Waals surface area (Å²) in [5.74, 6) is -0.0385. The van der Waals surface area contributed by atoms with Crippen molar-refractivity contribution < 1.29 is 32.5 Å². The number of hydrogen-bond donors (Lipinski definition) is 1. The molecule has 0 aliphatic carbocycles. The Morgan fingerprint density at radius 2 is 1.74 bits per heavy atom. The second kappa shape index (κ2) is 11.1. The lowest BCUT2D eigenvalue weighted by Crippen LogP contribution is -2.46. The van der Waals surface area contributed by atoms with Crippen LogP contribution in [0, 0.1) is 5.92 Å². The van der Waals surface area contributed by atoms with Crippen molar-refractivity contribution in [1.82, 2.24) is 9.21 Å². The molecule has 0 saturated carbocycles. The highest BCUT2D eigenvalue weighted by Crippen LogP contribution is 2.47. The maximum atomic E-state index is 13.3. The molecule has 3 atom stereocenters. The summed E-state index contributed by atoms with van der Waals surface area (Å²) in [5.41, 5.74) is 1.71. The Hall–Kier alpha value is -2.82. The van der Waals surface area contributed by atoms with E-state index in [1.807, 2.05) is 49.4 Å². The van der Waals surface area contributed by atoms with Crippen molar-refractivity contribution in [1.29, 1.82) is 0 Å². The Morgan fingerprint density at radius 1 is 1.08 bits per heavy atom. The zero-order chi connectivity index (χ0) is 27.7. The quantitative estimate of drug-likeness (QED) is 0.475. The van der Waals surface area contributed by atoms with Crippen LogP contribution in [-0.4, -0.2) is 73.5 Å². The number of carboxylic acid groups (broad SMARTS) is 1. The van der Waals surface area contributed by atoms with Gasteiger partial charge >= 0.3 is 5.97 Å². The molecular formula is C28H38N2O7S. The van der Waals surface area contributed by atoms with Crippen molar-refractivity contribution in [3.8, 4) is 17.2 Å². The minimum atomic E-state index is -3.54. The number of nitrogens with zero attached hydrogens (tertiary/aromatic N) is 2. The molecule has 0 amide bonds. The highest BCUT2D eigenvalue weighted by atomic mass is 32.2. The fourth-order valence-electron chi connectivity index (χ4n) is 5.37. The van der Waals surface area contributed by atoms with E-state index in [-0.39, 0.29) is 19.3 Å². The zero-order valence-corrected chi connectivity index (χ0v) is 23.5. The number of carboxylic acids is 1. The van der Waals surface area contributed by atoms with E-state index in [9.17, 15) is 18.3 Å². The fraction of sp³-hybridized carbons (Fsp3) is 0.536. The first-order chi connectivity index (χ1) is 18.0. The monoisotopic (exact) mass is 546 g/mol. The van der Waals surface area contributed by atoms with Gasteiger partial charge in [0.1, 0.15) is 5.75 Å². The van der Waals surface area contributed by atoms with Crippen LogP contribution >= 0.6 is 0 Å². The van der Waals surface area contributed by atoms with E-state index in [0.717, 1.165) is 11.1 Å². The van der Waals surface area contributed by atoms with Gasteiger partial charge < -0.3 is 19.3 Å². The number of sulfonamides is 1. The van der Waals surface area contributed by atoms with E-state index in [0.29, 0.717) is 43.3 Å². The standard InChI is InChI=1S/C28H38N2O7S/c1-6-13-30(38(33,34)28(2,3)4)15-14-29-17-22(20-9-12-23-24(16-20)37-18-36-23)25(27(31)32)26(29)19-7-10-21(35-5)11-8-19/h7-12,16,22,25-26H,6,13-15,17-18H2,1-5H3,(H,31,32). The number of ether oxygens (including phenoxy) is 3. The zero-order valence-electron chi connectivity index (χ0n) is 22.7. The Morgan fingerprint density at radius 3 is 2.34 bits per heavy atom. The first-order valence-electron chi connectivity index (χ1n) is 13.0. The van der Waals surface area contributed by atoms with Crippen LogP contribution < -0.4 is 14.2 Å². The van der Waals surface area contributed by atoms with Crippen LogP contribution in [0.3, 0.4) is 0 Å². The van der Waals surface area contributed by atoms with Crippen LogP contribution in [0.5, 0.6) is 17.2 Å². The van der Waals surface area contributed by atoms with E-state index in [4.69, 9.17) is 14.2 Å². The van der Waals surface area contributed by atoms with Crippen LogP contribution in [0.1, 0.15) is 57.2 Å². The number of fused-ring (bicyclic) bond motifs is 1. The lowest BCUT2D eigenvalue weighted by molar-refractivity contribution is -0.143. The van der Waals surface area contributed by atoms with Gasteiger partial charge in [-0.1, -0.05) is 25.1 Å². The lowest BCUT2D eigenvalue weighted by Gasteiger charge is -2.33. The number of methoxy groups -OCH3 is 1. The first kappa shape index (κ1) is 28.2. The van der Waals surface area contributed by atoms with Crippen LogP contribution in [0.2, 0.25) is 0 Å². The molecule has 3 unspecified atom stereocenters. The first-order valence-corrected chi connectivity index (χ1v) is 14.4. The van der Waals surface area contributed by atoms with Crippen molar-refractivity contribution in [3.05, 3.63) is 53.6 Å². The maximum absolute atomic E-state index is 13.3. The smallest absolute Gasteiger partial charge is 0.309 e. The van der Waals surface area contributed by atoms with Crippen LogP contribution in [0.25, 0.3) is 0 Å². The Kier molecular flexibility index (Phi) is 8.25. The van der Waals surface area contributed by atoms with Gasteiger partial charge in [0.05, 0.1) is 17.8 Å². The number of likely N-dealkylation sites (tertiary alicyclic amines) is 1. The Balaban J connectivity index is 1.70. The number of benzene rings is 2. The highest BCUT2D eigenvalue weighted by molar-refractivity contribution is 7.90. The van der Waals surface area contributed by atoms with Crippen LogP contribution in [0.4, 0.5) is 0 Å². The van der Waals surface area contributed by atoms with E-state index in [1.54, 1.807) is 32.2 Å². The molecule has 38 heavy (non-hydrogen) atoms. The van der Waals surface area contributed by atoms with Gasteiger partial charge in [0.25, 0.3) is 0 Å². The Bertz CT molecular complexity index is 1240. The van der Waals surface area contributed by atoms with Gasteiger partial charge in [-0.05, 0) is 62.6 Å². The highest BCUT2D eigenvalue weighted by Gasteiger charge is 2.48. The van der Waals surface area contributed by atoms with Gasteiger partial charge in [-0.25, -0.2) is 12.7 Å². The molecule has 10 heteroatoms. The Labute approximate surface area is 225 Å². The van der Waals surface area contributed by atoms with Gasteiger partial charge in [0.15, 0.2) is 11.5 Å². The normalized spacial score (nSPS) is 21.7. The summed E-state index contributed by atoms with van der Waals surface area (Å²) in [6, 6.07) is 12.6. The third kappa shape index (κ3) is 5.48. The molecule has 2 aliphatic rings. The second-order valence-corrected chi connectivity index (χ2v) is 13.5. The molecule has 1 fully saturated rings. The van der Waals surface area contributed by atoms with Crippen molar-refractivity contribution in [2.45, 2.75) is 50.8 Å². The van der Waals surface area contributed by atoms with Crippen LogP contribution in [-0.2, 0) is 14.8 Å². The summed E-state index contributed by atoms with van der Waals surface area (Å²) in [5, 5.41) is 10.5. The largest absolute Gasteiger partial charge is 0.497 e. The van der Waals surface area contributed by atoms with E-state index in [2.05, 4.69) is 4.90 Å². The van der Waals surface area contributed by atoms with Gasteiger partial charge in [0, 0.05) is 38.1 Å². The van der Waals surface area contributed by atoms with Gasteiger partial charge in [-0.15, -0.1) is 0 Å². The molecule has 0 bridgehead atoms. The third-order valence-electron chi connectivity index (χ3n) is 7.39. The molecule has 0 radical (unpaired) electrons. The minimum Gasteiger partial charge on any atom is -0.497 e. The van der Waals surface area contributed by atoms with Gasteiger partial charge in [-0.2, -0.15) is 0 Å². The van der Waals surface area contributed by atoms with E-state index >= 15 is 0 Å². The van der Waals surface area contributed by atoms with Crippen molar-refractivity contribution in [2.24, 2.45) is 5.92 Å². The molecule has 0 spiro atoms. The molecule has 9 nitrogen and oxygen atoms in total. The van der Waals surface area contributed by atoms with Crippen molar-refractivity contribution in [2.75, 3.05) is 40.1 Å². The summed E-state index contributed by atoms with van der Waals surface area (Å²) in [7, 11) is -1.95. The van der Waals surface area contributed by atoms with Crippen molar-refractivity contribution >= 4 is 16.0 Å².